The van der Waals surface area contributed by atoms with Gasteiger partial charge in [-0.05, 0) is 12.1 Å². The first-order valence-corrected chi connectivity index (χ1v) is 3.93. The molecule has 0 N–H and O–H groups in total. The lowest BCUT2D eigenvalue weighted by Crippen LogP contribution is -2.01. The van der Waals surface area contributed by atoms with Crippen LogP contribution in [0, 0.1) is 0 Å². The van der Waals surface area contributed by atoms with E-state index in [1.807, 2.05) is 6.07 Å². The van der Waals surface area contributed by atoms with Crippen molar-refractivity contribution in [3.8, 4) is 0 Å². The Labute approximate surface area is 74.2 Å². The van der Waals surface area contributed by atoms with Crippen LogP contribution < -0.4 is 5.43 Å². The Morgan fingerprint density at radius 3 is 2.83 bits per heavy atom. The molecule has 2 nitrogen and oxygen atoms in total. The number of rotatable bonds is 0. The maximum atomic E-state index is 11.4. The van der Waals surface area contributed by atoms with Crippen LogP contribution in [-0.4, -0.2) is 0 Å². The van der Waals surface area contributed by atoms with Crippen LogP contribution in [0.15, 0.2) is 44.6 Å². The van der Waals surface area contributed by atoms with E-state index in [1.165, 1.54) is 6.26 Å². The molecule has 0 aliphatic carbocycles. The van der Waals surface area contributed by atoms with Gasteiger partial charge < -0.3 is 4.42 Å². The van der Waals surface area contributed by atoms with Gasteiger partial charge >= 0.3 is 0 Å². The molecule has 0 unspecified atom stereocenters. The molecule has 0 aliphatic heterocycles. The van der Waals surface area contributed by atoms with Crippen LogP contribution >= 0.6 is 12.6 Å². The summed E-state index contributed by atoms with van der Waals surface area (Å²) in [7, 11) is 0. The fourth-order valence-corrected chi connectivity index (χ4v) is 1.24. The number of hydrogen-bond donors (Lipinski definition) is 1. The van der Waals surface area contributed by atoms with Crippen molar-refractivity contribution in [2.24, 2.45) is 0 Å². The smallest absolute Gasteiger partial charge is 0.205 e. The highest BCUT2D eigenvalue weighted by atomic mass is 32.1. The summed E-state index contributed by atoms with van der Waals surface area (Å²) in [6, 6.07) is 7.10. The van der Waals surface area contributed by atoms with Gasteiger partial charge in [0.1, 0.15) is 11.8 Å². The van der Waals surface area contributed by atoms with Crippen molar-refractivity contribution in [1.82, 2.24) is 0 Å². The molecule has 3 heteroatoms. The Hall–Kier alpha value is -1.22. The second-order valence-electron chi connectivity index (χ2n) is 2.45. The normalized spacial score (nSPS) is 10.4. The molecular weight excluding hydrogens is 172 g/mol. The van der Waals surface area contributed by atoms with E-state index < -0.39 is 0 Å². The molecule has 2 rings (SSSR count). The van der Waals surface area contributed by atoms with Crippen molar-refractivity contribution >= 4 is 23.6 Å². The van der Waals surface area contributed by atoms with Crippen molar-refractivity contribution in [2.75, 3.05) is 0 Å². The lowest BCUT2D eigenvalue weighted by Gasteiger charge is -1.94. The van der Waals surface area contributed by atoms with E-state index in [0.717, 1.165) is 0 Å². The number of fused-ring (bicyclic) bond motifs is 1. The summed E-state index contributed by atoms with van der Waals surface area (Å²) in [6.07, 6.45) is 1.35. The molecule has 1 aromatic heterocycles. The minimum Gasteiger partial charge on any atom is -0.463 e. The molecule has 1 heterocycles. The molecule has 0 fully saturated rings. The van der Waals surface area contributed by atoms with Crippen LogP contribution in [0.4, 0.5) is 0 Å². The van der Waals surface area contributed by atoms with Gasteiger partial charge in [-0.3, -0.25) is 4.79 Å². The van der Waals surface area contributed by atoms with Gasteiger partial charge in [-0.25, -0.2) is 0 Å². The molecular formula is C9H6O2S. The van der Waals surface area contributed by atoms with E-state index in [1.54, 1.807) is 18.2 Å². The van der Waals surface area contributed by atoms with Crippen LogP contribution in [0.1, 0.15) is 0 Å². The minimum atomic E-state index is -0.0832. The van der Waals surface area contributed by atoms with Crippen LogP contribution in [-0.2, 0) is 0 Å². The summed E-state index contributed by atoms with van der Waals surface area (Å²) in [4.78, 5) is 11.7. The molecule has 0 atom stereocenters. The summed E-state index contributed by atoms with van der Waals surface area (Å²) in [5, 5.41) is 0.574. The maximum absolute atomic E-state index is 11.4. The minimum absolute atomic E-state index is 0.0832. The van der Waals surface area contributed by atoms with Crippen molar-refractivity contribution in [1.29, 1.82) is 0 Å². The number of thiol groups is 1. The lowest BCUT2D eigenvalue weighted by atomic mass is 10.2. The lowest BCUT2D eigenvalue weighted by molar-refractivity contribution is 0.588. The van der Waals surface area contributed by atoms with Gasteiger partial charge in [0.15, 0.2) is 0 Å². The third kappa shape index (κ3) is 1.02. The fraction of sp³-hybridized carbons (Fsp3) is 0. The number of para-hydroxylation sites is 1. The van der Waals surface area contributed by atoms with Gasteiger partial charge in [-0.1, -0.05) is 12.1 Å². The van der Waals surface area contributed by atoms with Crippen LogP contribution in [0.3, 0.4) is 0 Å². The Morgan fingerprint density at radius 2 is 2.00 bits per heavy atom. The number of hydrogen-bond acceptors (Lipinski definition) is 3. The summed E-state index contributed by atoms with van der Waals surface area (Å²) >= 11 is 3.97. The van der Waals surface area contributed by atoms with E-state index >= 15 is 0 Å². The van der Waals surface area contributed by atoms with Gasteiger partial charge in [0.25, 0.3) is 0 Å². The molecule has 1 aromatic carbocycles. The molecule has 0 aliphatic rings. The second-order valence-corrected chi connectivity index (χ2v) is 2.93. The first-order chi connectivity index (χ1) is 5.79. The number of benzene rings is 1. The Balaban J connectivity index is 3.01. The first-order valence-electron chi connectivity index (χ1n) is 3.48. The predicted molar refractivity (Wildman–Crippen MR) is 49.7 cm³/mol. The van der Waals surface area contributed by atoms with E-state index in [-0.39, 0.29) is 5.43 Å². The monoisotopic (exact) mass is 178 g/mol. The third-order valence-electron chi connectivity index (χ3n) is 1.66. The summed E-state index contributed by atoms with van der Waals surface area (Å²) in [6.45, 7) is 0. The van der Waals surface area contributed by atoms with Gasteiger partial charge in [-0.2, -0.15) is 0 Å². The summed E-state index contributed by atoms with van der Waals surface area (Å²) in [5.74, 6) is 0. The second kappa shape index (κ2) is 2.68. The molecule has 0 bridgehead atoms. The maximum Gasteiger partial charge on any atom is 0.205 e. The molecule has 2 aromatic rings. The SMILES string of the molecule is O=c1c(S)coc2ccccc12. The van der Waals surface area contributed by atoms with Gasteiger partial charge in [0.2, 0.25) is 5.43 Å². The van der Waals surface area contributed by atoms with Crippen LogP contribution in [0.5, 0.6) is 0 Å². The van der Waals surface area contributed by atoms with Crippen molar-refractivity contribution < 1.29 is 4.42 Å². The van der Waals surface area contributed by atoms with Crippen molar-refractivity contribution in [2.45, 2.75) is 4.90 Å². The third-order valence-corrected chi connectivity index (χ3v) is 1.97. The zero-order valence-corrected chi connectivity index (χ0v) is 7.04. The highest BCUT2D eigenvalue weighted by Crippen LogP contribution is 2.11. The Kier molecular flexibility index (Phi) is 1.66. The summed E-state index contributed by atoms with van der Waals surface area (Å²) < 4.78 is 5.15. The van der Waals surface area contributed by atoms with Crippen LogP contribution in [0.2, 0.25) is 0 Å². The van der Waals surface area contributed by atoms with Crippen molar-refractivity contribution in [3.63, 3.8) is 0 Å². The molecule has 0 saturated heterocycles. The van der Waals surface area contributed by atoms with Gasteiger partial charge in [0.05, 0.1) is 10.3 Å². The quantitative estimate of drug-likeness (QED) is 0.626. The first kappa shape index (κ1) is 7.43. The molecule has 0 saturated carbocycles. The Morgan fingerprint density at radius 1 is 1.25 bits per heavy atom. The van der Waals surface area contributed by atoms with Gasteiger partial charge in [0, 0.05) is 0 Å². The van der Waals surface area contributed by atoms with E-state index in [9.17, 15) is 4.79 Å². The Bertz CT molecular complexity index is 473. The molecule has 12 heavy (non-hydrogen) atoms. The zero-order chi connectivity index (χ0) is 8.55. The van der Waals surface area contributed by atoms with Gasteiger partial charge in [-0.15, -0.1) is 12.6 Å². The zero-order valence-electron chi connectivity index (χ0n) is 6.15. The average molecular weight is 178 g/mol. The molecule has 60 valence electrons. The summed E-state index contributed by atoms with van der Waals surface area (Å²) in [5.41, 5.74) is 0.514. The molecule has 0 amide bonds. The fourth-order valence-electron chi connectivity index (χ4n) is 1.07. The molecule has 0 spiro atoms. The average Bonchev–Trinajstić information content (AvgIpc) is 2.12. The van der Waals surface area contributed by atoms with E-state index in [4.69, 9.17) is 4.42 Å². The highest BCUT2D eigenvalue weighted by Gasteiger charge is 2.01. The predicted octanol–water partition coefficient (Wildman–Crippen LogP) is 2.08. The van der Waals surface area contributed by atoms with Crippen molar-refractivity contribution in [3.05, 3.63) is 40.8 Å². The largest absolute Gasteiger partial charge is 0.463 e. The van der Waals surface area contributed by atoms with Crippen LogP contribution in [0.25, 0.3) is 11.0 Å². The van der Waals surface area contributed by atoms with E-state index in [2.05, 4.69) is 12.6 Å². The standard InChI is InChI=1S/C9H6O2S/c10-9-6-3-1-2-4-7(6)11-5-8(9)12/h1-5,12H. The highest BCUT2D eigenvalue weighted by molar-refractivity contribution is 7.80. The van der Waals surface area contributed by atoms with E-state index in [0.29, 0.717) is 15.9 Å². The molecule has 0 radical (unpaired) electrons. The topological polar surface area (TPSA) is 30.2 Å².